The van der Waals surface area contributed by atoms with Gasteiger partial charge in [-0.05, 0) is 37.6 Å². The quantitative estimate of drug-likeness (QED) is 0.635. The van der Waals surface area contributed by atoms with E-state index < -0.39 is 10.0 Å². The van der Waals surface area contributed by atoms with Crippen LogP contribution >= 0.6 is 0 Å². The average Bonchev–Trinajstić information content (AvgIpc) is 2.63. The van der Waals surface area contributed by atoms with Crippen LogP contribution in [0.3, 0.4) is 0 Å². The normalized spacial score (nSPS) is 11.1. The second kappa shape index (κ2) is 9.38. The van der Waals surface area contributed by atoms with Crippen LogP contribution in [0.25, 0.3) is 0 Å². The number of carbonyl (C=O) groups excluding carboxylic acids is 1. The van der Waals surface area contributed by atoms with E-state index >= 15 is 0 Å². The fourth-order valence-corrected chi connectivity index (χ4v) is 3.75. The minimum absolute atomic E-state index is 0.0794. The molecule has 0 fully saturated rings. The molecule has 0 aromatic heterocycles. The van der Waals surface area contributed by atoms with Crippen molar-refractivity contribution in [2.75, 3.05) is 26.8 Å². The van der Waals surface area contributed by atoms with Gasteiger partial charge in [0.2, 0.25) is 10.0 Å². The number of nitrogens with one attached hydrogen (secondary N) is 2. The summed E-state index contributed by atoms with van der Waals surface area (Å²) in [7, 11) is -2.10. The highest BCUT2D eigenvalue weighted by Crippen LogP contribution is 2.25. The fraction of sp³-hybridized carbons (Fsp3) is 0.316. The molecule has 0 aliphatic carbocycles. The van der Waals surface area contributed by atoms with Crippen molar-refractivity contribution in [3.05, 3.63) is 53.6 Å². The monoisotopic (exact) mass is 392 g/mol. The van der Waals surface area contributed by atoms with Gasteiger partial charge in [0.25, 0.3) is 5.91 Å². The molecule has 0 spiro atoms. The summed E-state index contributed by atoms with van der Waals surface area (Å²) in [6.07, 6.45) is 0. The van der Waals surface area contributed by atoms with E-state index in [1.54, 1.807) is 43.3 Å². The average molecular weight is 392 g/mol. The Bertz CT molecular complexity index is 897. The van der Waals surface area contributed by atoms with E-state index in [1.807, 2.05) is 13.0 Å². The Morgan fingerprint density at radius 1 is 1.04 bits per heavy atom. The van der Waals surface area contributed by atoms with Gasteiger partial charge in [0.15, 0.2) is 18.1 Å². The van der Waals surface area contributed by atoms with Crippen LogP contribution in [0.5, 0.6) is 11.5 Å². The number of aryl methyl sites for hydroxylation is 2. The standard InChI is InChI=1S/C19H24N2O5S/c1-14-8-9-18(15(2)12-14)27(23,24)21-11-10-20-19(22)13-26-17-7-5-4-6-16(17)25-3/h4-9,12,21H,10-11,13H2,1-3H3,(H,20,22). The van der Waals surface area contributed by atoms with Gasteiger partial charge in [-0.1, -0.05) is 29.8 Å². The summed E-state index contributed by atoms with van der Waals surface area (Å²) in [5.74, 6) is 0.642. The molecule has 27 heavy (non-hydrogen) atoms. The zero-order valence-corrected chi connectivity index (χ0v) is 16.4. The molecule has 0 aliphatic rings. The van der Waals surface area contributed by atoms with Crippen LogP contribution in [-0.2, 0) is 14.8 Å². The van der Waals surface area contributed by atoms with E-state index in [2.05, 4.69) is 10.0 Å². The predicted octanol–water partition coefficient (Wildman–Crippen LogP) is 1.79. The summed E-state index contributed by atoms with van der Waals surface area (Å²) in [4.78, 5) is 12.1. The van der Waals surface area contributed by atoms with Gasteiger partial charge in [-0.25, -0.2) is 13.1 Å². The Balaban J connectivity index is 1.78. The molecule has 146 valence electrons. The Morgan fingerprint density at radius 2 is 1.74 bits per heavy atom. The van der Waals surface area contributed by atoms with Crippen molar-refractivity contribution in [3.8, 4) is 11.5 Å². The van der Waals surface area contributed by atoms with E-state index in [0.29, 0.717) is 17.1 Å². The van der Waals surface area contributed by atoms with Crippen molar-refractivity contribution in [1.82, 2.24) is 10.0 Å². The number of methoxy groups -OCH3 is 1. The van der Waals surface area contributed by atoms with Gasteiger partial charge in [-0.2, -0.15) is 0 Å². The SMILES string of the molecule is COc1ccccc1OCC(=O)NCCNS(=O)(=O)c1ccc(C)cc1C. The van der Waals surface area contributed by atoms with E-state index in [9.17, 15) is 13.2 Å². The van der Waals surface area contributed by atoms with E-state index in [-0.39, 0.29) is 30.5 Å². The van der Waals surface area contributed by atoms with Crippen LogP contribution in [0, 0.1) is 13.8 Å². The topological polar surface area (TPSA) is 93.7 Å². The number of carbonyl (C=O) groups is 1. The number of benzene rings is 2. The molecule has 2 aromatic rings. The zero-order valence-electron chi connectivity index (χ0n) is 15.6. The number of hydrogen-bond donors (Lipinski definition) is 2. The Kier molecular flexibility index (Phi) is 7.20. The zero-order chi connectivity index (χ0) is 19.9. The summed E-state index contributed by atoms with van der Waals surface area (Å²) in [5.41, 5.74) is 1.67. The summed E-state index contributed by atoms with van der Waals surface area (Å²) >= 11 is 0. The molecule has 2 rings (SSSR count). The van der Waals surface area contributed by atoms with Gasteiger partial charge in [-0.3, -0.25) is 4.79 Å². The lowest BCUT2D eigenvalue weighted by Gasteiger charge is -2.12. The minimum Gasteiger partial charge on any atom is -0.493 e. The summed E-state index contributed by atoms with van der Waals surface area (Å²) in [5, 5.41) is 2.61. The molecule has 0 radical (unpaired) electrons. The Morgan fingerprint density at radius 3 is 2.41 bits per heavy atom. The summed E-state index contributed by atoms with van der Waals surface area (Å²) in [6, 6.07) is 12.1. The molecule has 1 amide bonds. The molecule has 0 unspecified atom stereocenters. The first kappa shape index (κ1) is 20.7. The molecule has 0 saturated heterocycles. The second-order valence-electron chi connectivity index (χ2n) is 5.96. The molecule has 0 atom stereocenters. The van der Waals surface area contributed by atoms with Crippen molar-refractivity contribution in [2.24, 2.45) is 0 Å². The molecule has 8 heteroatoms. The van der Waals surface area contributed by atoms with Crippen molar-refractivity contribution < 1.29 is 22.7 Å². The number of sulfonamides is 1. The molecule has 0 bridgehead atoms. The molecular formula is C19H24N2O5S. The predicted molar refractivity (Wildman–Crippen MR) is 103 cm³/mol. The molecular weight excluding hydrogens is 368 g/mol. The van der Waals surface area contributed by atoms with Crippen molar-refractivity contribution >= 4 is 15.9 Å². The maximum absolute atomic E-state index is 12.3. The highest BCUT2D eigenvalue weighted by Gasteiger charge is 2.16. The van der Waals surface area contributed by atoms with Crippen LogP contribution in [0.2, 0.25) is 0 Å². The van der Waals surface area contributed by atoms with Crippen LogP contribution in [0.1, 0.15) is 11.1 Å². The molecule has 0 saturated carbocycles. The first-order chi connectivity index (χ1) is 12.8. The largest absolute Gasteiger partial charge is 0.493 e. The van der Waals surface area contributed by atoms with Gasteiger partial charge in [0, 0.05) is 13.1 Å². The van der Waals surface area contributed by atoms with Gasteiger partial charge in [-0.15, -0.1) is 0 Å². The lowest BCUT2D eigenvalue weighted by molar-refractivity contribution is -0.123. The lowest BCUT2D eigenvalue weighted by atomic mass is 10.2. The maximum atomic E-state index is 12.3. The molecule has 2 N–H and O–H groups in total. The smallest absolute Gasteiger partial charge is 0.257 e. The lowest BCUT2D eigenvalue weighted by Crippen LogP contribution is -2.37. The molecule has 7 nitrogen and oxygen atoms in total. The van der Waals surface area contributed by atoms with Crippen molar-refractivity contribution in [3.63, 3.8) is 0 Å². The van der Waals surface area contributed by atoms with E-state index in [1.165, 1.54) is 7.11 Å². The number of hydrogen-bond acceptors (Lipinski definition) is 5. The number of para-hydroxylation sites is 2. The highest BCUT2D eigenvalue weighted by atomic mass is 32.2. The van der Waals surface area contributed by atoms with Crippen LogP contribution in [0.15, 0.2) is 47.4 Å². The Labute approximate surface area is 159 Å². The van der Waals surface area contributed by atoms with Crippen LogP contribution < -0.4 is 19.5 Å². The van der Waals surface area contributed by atoms with Crippen LogP contribution in [0.4, 0.5) is 0 Å². The number of rotatable bonds is 9. The van der Waals surface area contributed by atoms with Crippen molar-refractivity contribution in [1.29, 1.82) is 0 Å². The number of ether oxygens (including phenoxy) is 2. The summed E-state index contributed by atoms with van der Waals surface area (Å²) in [6.45, 7) is 3.69. The van der Waals surface area contributed by atoms with Gasteiger partial charge in [0.05, 0.1) is 12.0 Å². The third-order valence-electron chi connectivity index (χ3n) is 3.79. The summed E-state index contributed by atoms with van der Waals surface area (Å²) < 4.78 is 37.7. The van der Waals surface area contributed by atoms with E-state index in [0.717, 1.165) is 5.56 Å². The third kappa shape index (κ3) is 5.97. The molecule has 0 heterocycles. The maximum Gasteiger partial charge on any atom is 0.257 e. The van der Waals surface area contributed by atoms with Crippen LogP contribution in [-0.4, -0.2) is 41.1 Å². The van der Waals surface area contributed by atoms with E-state index in [4.69, 9.17) is 9.47 Å². The molecule has 0 aliphatic heterocycles. The van der Waals surface area contributed by atoms with Crippen molar-refractivity contribution in [2.45, 2.75) is 18.7 Å². The Hall–Kier alpha value is -2.58. The molecule has 2 aromatic carbocycles. The first-order valence-electron chi connectivity index (χ1n) is 8.43. The second-order valence-corrected chi connectivity index (χ2v) is 7.69. The number of amides is 1. The van der Waals surface area contributed by atoms with Gasteiger partial charge < -0.3 is 14.8 Å². The minimum atomic E-state index is -3.62. The van der Waals surface area contributed by atoms with Gasteiger partial charge >= 0.3 is 0 Å². The third-order valence-corrected chi connectivity index (χ3v) is 5.41. The van der Waals surface area contributed by atoms with Gasteiger partial charge in [0.1, 0.15) is 0 Å². The first-order valence-corrected chi connectivity index (χ1v) is 9.91. The fourth-order valence-electron chi connectivity index (χ4n) is 2.50. The highest BCUT2D eigenvalue weighted by molar-refractivity contribution is 7.89.